The zero-order valence-corrected chi connectivity index (χ0v) is 22.1. The number of thiophene rings is 1. The molecule has 0 spiro atoms. The van der Waals surface area contributed by atoms with Gasteiger partial charge in [0, 0.05) is 36.9 Å². The van der Waals surface area contributed by atoms with E-state index < -0.39 is 0 Å². The van der Waals surface area contributed by atoms with Crippen molar-refractivity contribution in [1.29, 1.82) is 0 Å². The maximum atomic E-state index is 5.05. The molecule has 0 unspecified atom stereocenters. The van der Waals surface area contributed by atoms with Crippen molar-refractivity contribution in [3.05, 3.63) is 132 Å². The van der Waals surface area contributed by atoms with Gasteiger partial charge in [0.25, 0.3) is 0 Å². The number of hydrogen-bond donors (Lipinski definition) is 0. The summed E-state index contributed by atoms with van der Waals surface area (Å²) in [5.41, 5.74) is 10.7. The zero-order chi connectivity index (χ0) is 25.8. The molecule has 0 atom stereocenters. The van der Waals surface area contributed by atoms with E-state index in [2.05, 4.69) is 109 Å². The van der Waals surface area contributed by atoms with Crippen LogP contribution < -0.4 is 0 Å². The summed E-state index contributed by atoms with van der Waals surface area (Å²) in [5, 5.41) is 2.75. The molecule has 0 saturated heterocycles. The molecule has 2 heterocycles. The number of aromatic nitrogens is 2. The van der Waals surface area contributed by atoms with Gasteiger partial charge < -0.3 is 0 Å². The minimum absolute atomic E-state index is 0.767. The first-order valence-electron chi connectivity index (χ1n) is 13.4. The predicted molar refractivity (Wildman–Crippen MR) is 164 cm³/mol. The largest absolute Gasteiger partial charge is 0.228 e. The van der Waals surface area contributed by atoms with E-state index >= 15 is 0 Å². The third-order valence-electron chi connectivity index (χ3n) is 7.79. The fourth-order valence-electron chi connectivity index (χ4n) is 5.84. The highest BCUT2D eigenvalue weighted by molar-refractivity contribution is 7.25. The first kappa shape index (κ1) is 22.4. The molecular weight excluding hydrogens is 492 g/mol. The summed E-state index contributed by atoms with van der Waals surface area (Å²) < 4.78 is 2.72. The van der Waals surface area contributed by atoms with Crippen molar-refractivity contribution in [2.75, 3.05) is 0 Å². The fraction of sp³-hybridized carbons (Fsp3) is 0.0556. The van der Waals surface area contributed by atoms with Gasteiger partial charge in [0.05, 0.1) is 11.4 Å². The van der Waals surface area contributed by atoms with E-state index in [9.17, 15) is 0 Å². The highest BCUT2D eigenvalue weighted by Gasteiger charge is 2.20. The molecule has 7 aromatic rings. The van der Waals surface area contributed by atoms with E-state index in [1.165, 1.54) is 42.4 Å². The second-order valence-corrected chi connectivity index (χ2v) is 11.3. The summed E-state index contributed by atoms with van der Waals surface area (Å²) in [6.45, 7) is 0. The van der Waals surface area contributed by atoms with E-state index in [1.54, 1.807) is 0 Å². The Morgan fingerprint density at radius 3 is 1.82 bits per heavy atom. The standard InChI is InChI=1S/C36H24N2S/c1-3-9-23(10-4-1)32-22-33(24-11-5-2-6-12-24)38-36(37-32)27-17-18-28-25(19-27)15-16-26-20-31-29-13-7-8-14-34(29)39-35(31)21-30(26)28/h1-14,17-22H,15-16H2. The average Bonchev–Trinajstić information content (AvgIpc) is 3.38. The Kier molecular flexibility index (Phi) is 5.17. The molecule has 0 N–H and O–H groups in total. The van der Waals surface area contributed by atoms with Gasteiger partial charge in [-0.1, -0.05) is 91.0 Å². The number of aryl methyl sites for hydroxylation is 2. The number of benzene rings is 5. The lowest BCUT2D eigenvalue weighted by Gasteiger charge is -2.21. The molecule has 184 valence electrons. The normalized spacial score (nSPS) is 12.4. The lowest BCUT2D eigenvalue weighted by molar-refractivity contribution is 0.944. The smallest absolute Gasteiger partial charge is 0.160 e. The SMILES string of the molecule is c1ccc(-c2cc(-c3ccccc3)nc(-c3ccc4c(c3)CCc3cc5c(cc3-4)sc3ccccc35)n2)cc1. The monoisotopic (exact) mass is 516 g/mol. The van der Waals surface area contributed by atoms with Crippen molar-refractivity contribution in [3.8, 4) is 45.0 Å². The molecule has 0 aliphatic heterocycles. The highest BCUT2D eigenvalue weighted by Crippen LogP contribution is 2.42. The van der Waals surface area contributed by atoms with Crippen LogP contribution in [0.3, 0.4) is 0 Å². The number of hydrogen-bond acceptors (Lipinski definition) is 3. The van der Waals surface area contributed by atoms with Crippen LogP contribution >= 0.6 is 11.3 Å². The van der Waals surface area contributed by atoms with Crippen molar-refractivity contribution in [1.82, 2.24) is 9.97 Å². The minimum atomic E-state index is 0.767. The second-order valence-electron chi connectivity index (χ2n) is 10.2. The van der Waals surface area contributed by atoms with Gasteiger partial charge in [0.15, 0.2) is 5.82 Å². The van der Waals surface area contributed by atoms with E-state index in [0.717, 1.165) is 46.7 Å². The summed E-state index contributed by atoms with van der Waals surface area (Å²) in [6.07, 6.45) is 2.07. The van der Waals surface area contributed by atoms with Gasteiger partial charge in [0.2, 0.25) is 0 Å². The highest BCUT2D eigenvalue weighted by atomic mass is 32.1. The molecule has 2 nitrogen and oxygen atoms in total. The number of rotatable bonds is 3. The molecule has 0 saturated carbocycles. The molecule has 1 aliphatic carbocycles. The molecule has 8 rings (SSSR count). The van der Waals surface area contributed by atoms with Crippen molar-refractivity contribution < 1.29 is 0 Å². The fourth-order valence-corrected chi connectivity index (χ4v) is 6.96. The second kappa shape index (κ2) is 9.00. The van der Waals surface area contributed by atoms with Gasteiger partial charge in [-0.2, -0.15) is 0 Å². The molecule has 1 aliphatic rings. The average molecular weight is 517 g/mol. The Morgan fingerprint density at radius 1 is 0.462 bits per heavy atom. The Balaban J connectivity index is 1.26. The Bertz CT molecular complexity index is 1950. The predicted octanol–water partition coefficient (Wildman–Crippen LogP) is 9.61. The van der Waals surface area contributed by atoms with Crippen LogP contribution in [-0.2, 0) is 12.8 Å². The molecule has 5 aromatic carbocycles. The van der Waals surface area contributed by atoms with E-state index in [1.807, 2.05) is 23.5 Å². The van der Waals surface area contributed by atoms with Crippen LogP contribution in [0.25, 0.3) is 65.2 Å². The number of nitrogens with zero attached hydrogens (tertiary/aromatic N) is 2. The van der Waals surface area contributed by atoms with E-state index in [0.29, 0.717) is 0 Å². The van der Waals surface area contributed by atoms with Crippen molar-refractivity contribution in [3.63, 3.8) is 0 Å². The van der Waals surface area contributed by atoms with Crippen LogP contribution in [0.4, 0.5) is 0 Å². The van der Waals surface area contributed by atoms with Crippen LogP contribution in [0.2, 0.25) is 0 Å². The van der Waals surface area contributed by atoms with Gasteiger partial charge >= 0.3 is 0 Å². The Labute approximate surface area is 231 Å². The molecular formula is C36H24N2S. The maximum Gasteiger partial charge on any atom is 0.160 e. The molecule has 0 fully saturated rings. The minimum Gasteiger partial charge on any atom is -0.228 e. The molecule has 3 heteroatoms. The lowest BCUT2D eigenvalue weighted by Crippen LogP contribution is -2.04. The summed E-state index contributed by atoms with van der Waals surface area (Å²) in [5.74, 6) is 0.767. The summed E-state index contributed by atoms with van der Waals surface area (Å²) in [6, 6.07) is 43.2. The quantitative estimate of drug-likeness (QED) is 0.234. The third kappa shape index (κ3) is 3.86. The van der Waals surface area contributed by atoms with Crippen LogP contribution in [0, 0.1) is 0 Å². The topological polar surface area (TPSA) is 25.8 Å². The Hall–Kier alpha value is -4.60. The zero-order valence-electron chi connectivity index (χ0n) is 21.3. The van der Waals surface area contributed by atoms with Crippen molar-refractivity contribution in [2.24, 2.45) is 0 Å². The van der Waals surface area contributed by atoms with Crippen molar-refractivity contribution >= 4 is 31.5 Å². The van der Waals surface area contributed by atoms with E-state index in [-0.39, 0.29) is 0 Å². The molecule has 0 radical (unpaired) electrons. The van der Waals surface area contributed by atoms with Crippen LogP contribution in [0.1, 0.15) is 11.1 Å². The van der Waals surface area contributed by atoms with Gasteiger partial charge in [-0.15, -0.1) is 11.3 Å². The first-order valence-corrected chi connectivity index (χ1v) is 14.2. The molecule has 2 aromatic heterocycles. The molecule has 0 bridgehead atoms. The summed E-state index contributed by atoms with van der Waals surface area (Å²) in [7, 11) is 0. The Morgan fingerprint density at radius 2 is 1.10 bits per heavy atom. The van der Waals surface area contributed by atoms with Crippen LogP contribution in [0.15, 0.2) is 121 Å². The van der Waals surface area contributed by atoms with Gasteiger partial charge in [0.1, 0.15) is 0 Å². The molecule has 39 heavy (non-hydrogen) atoms. The first-order chi connectivity index (χ1) is 19.3. The van der Waals surface area contributed by atoms with Gasteiger partial charge in [-0.25, -0.2) is 9.97 Å². The maximum absolute atomic E-state index is 5.05. The third-order valence-corrected chi connectivity index (χ3v) is 8.92. The molecule has 0 amide bonds. The number of fused-ring (bicyclic) bond motifs is 6. The van der Waals surface area contributed by atoms with E-state index in [4.69, 9.17) is 9.97 Å². The lowest BCUT2D eigenvalue weighted by atomic mass is 9.84. The van der Waals surface area contributed by atoms with Gasteiger partial charge in [-0.3, -0.25) is 0 Å². The van der Waals surface area contributed by atoms with Crippen molar-refractivity contribution in [2.45, 2.75) is 12.8 Å². The summed E-state index contributed by atoms with van der Waals surface area (Å²) in [4.78, 5) is 10.1. The van der Waals surface area contributed by atoms with Crippen LogP contribution in [-0.4, -0.2) is 9.97 Å². The summed E-state index contributed by atoms with van der Waals surface area (Å²) >= 11 is 1.89. The van der Waals surface area contributed by atoms with Gasteiger partial charge in [-0.05, 0) is 65.4 Å². The van der Waals surface area contributed by atoms with Crippen LogP contribution in [0.5, 0.6) is 0 Å².